The first-order chi connectivity index (χ1) is 13.3. The number of nitrogens with one attached hydrogen (secondary N) is 1. The number of nitrogens with zero attached hydrogens (tertiary/aromatic N) is 3. The molecule has 140 valence electrons. The molecule has 6 nitrogen and oxygen atoms in total. The fraction of sp³-hybridized carbons (Fsp3) is 0.476. The smallest absolute Gasteiger partial charge is 0.289 e. The van der Waals surface area contributed by atoms with Crippen LogP contribution in [0.25, 0.3) is 22.1 Å². The van der Waals surface area contributed by atoms with Gasteiger partial charge < -0.3 is 14.6 Å². The van der Waals surface area contributed by atoms with E-state index in [1.165, 1.54) is 19.3 Å². The minimum absolute atomic E-state index is 0.174. The molecular formula is C21H24N4O2. The maximum absolute atomic E-state index is 12.9. The van der Waals surface area contributed by atoms with Crippen molar-refractivity contribution in [1.82, 2.24) is 15.3 Å². The molecule has 5 rings (SSSR count). The van der Waals surface area contributed by atoms with Crippen LogP contribution in [-0.2, 0) is 0 Å². The third kappa shape index (κ3) is 3.03. The van der Waals surface area contributed by atoms with Gasteiger partial charge in [-0.3, -0.25) is 4.79 Å². The Morgan fingerprint density at radius 1 is 1.04 bits per heavy atom. The number of amides is 1. The van der Waals surface area contributed by atoms with Crippen molar-refractivity contribution in [2.24, 2.45) is 0 Å². The molecule has 1 aromatic carbocycles. The lowest BCUT2D eigenvalue weighted by molar-refractivity contribution is 0.0928. The van der Waals surface area contributed by atoms with E-state index >= 15 is 0 Å². The van der Waals surface area contributed by atoms with Crippen LogP contribution >= 0.6 is 0 Å². The summed E-state index contributed by atoms with van der Waals surface area (Å²) in [7, 11) is 0. The second-order valence-electron chi connectivity index (χ2n) is 7.65. The number of hydrogen-bond donors (Lipinski definition) is 1. The van der Waals surface area contributed by atoms with Crippen LogP contribution in [0.3, 0.4) is 0 Å². The summed E-state index contributed by atoms with van der Waals surface area (Å²) in [6.07, 6.45) is 7.94. The minimum atomic E-state index is -0.174. The number of para-hydroxylation sites is 1. The lowest BCUT2D eigenvalue weighted by Crippen LogP contribution is -2.35. The number of anilines is 1. The van der Waals surface area contributed by atoms with Gasteiger partial charge >= 0.3 is 0 Å². The molecule has 0 unspecified atom stereocenters. The zero-order valence-electron chi connectivity index (χ0n) is 15.4. The van der Waals surface area contributed by atoms with Crippen LogP contribution in [-0.4, -0.2) is 35.0 Å². The molecule has 0 spiro atoms. The number of furan rings is 1. The highest BCUT2D eigenvalue weighted by atomic mass is 16.3. The Labute approximate surface area is 158 Å². The largest absolute Gasteiger partial charge is 0.450 e. The number of rotatable bonds is 3. The van der Waals surface area contributed by atoms with Crippen molar-refractivity contribution in [2.45, 2.75) is 51.0 Å². The molecular weight excluding hydrogens is 340 g/mol. The molecule has 1 saturated carbocycles. The number of benzene rings is 1. The van der Waals surface area contributed by atoms with Gasteiger partial charge in [0.2, 0.25) is 5.82 Å². The number of carbonyl (C=O) groups is 1. The van der Waals surface area contributed by atoms with Crippen molar-refractivity contribution in [3.05, 3.63) is 30.1 Å². The van der Waals surface area contributed by atoms with E-state index in [2.05, 4.69) is 20.2 Å². The van der Waals surface area contributed by atoms with Gasteiger partial charge in [-0.15, -0.1) is 0 Å². The molecule has 0 radical (unpaired) electrons. The Morgan fingerprint density at radius 2 is 1.81 bits per heavy atom. The molecule has 1 N–H and O–H groups in total. The molecule has 27 heavy (non-hydrogen) atoms. The summed E-state index contributed by atoms with van der Waals surface area (Å²) in [4.78, 5) is 24.4. The minimum Gasteiger partial charge on any atom is -0.450 e. The Balaban J connectivity index is 1.62. The first-order valence-corrected chi connectivity index (χ1v) is 10.0. The number of carbonyl (C=O) groups excluding carboxylic acids is 1. The predicted octanol–water partition coefficient (Wildman–Crippen LogP) is 4.04. The van der Waals surface area contributed by atoms with E-state index < -0.39 is 0 Å². The van der Waals surface area contributed by atoms with E-state index in [0.717, 1.165) is 61.1 Å². The van der Waals surface area contributed by atoms with Crippen LogP contribution in [0, 0.1) is 0 Å². The summed E-state index contributed by atoms with van der Waals surface area (Å²) in [5, 5.41) is 4.05. The van der Waals surface area contributed by atoms with Crippen molar-refractivity contribution in [3.63, 3.8) is 0 Å². The number of fused-ring (bicyclic) bond motifs is 3. The van der Waals surface area contributed by atoms with Crippen molar-refractivity contribution >= 4 is 33.8 Å². The van der Waals surface area contributed by atoms with E-state index in [1.807, 2.05) is 24.3 Å². The number of piperidine rings is 1. The van der Waals surface area contributed by atoms with E-state index in [0.29, 0.717) is 5.58 Å². The van der Waals surface area contributed by atoms with Gasteiger partial charge in [0.1, 0.15) is 11.1 Å². The highest BCUT2D eigenvalue weighted by Crippen LogP contribution is 2.34. The van der Waals surface area contributed by atoms with Crippen LogP contribution < -0.4 is 10.2 Å². The maximum Gasteiger partial charge on any atom is 0.289 e. The summed E-state index contributed by atoms with van der Waals surface area (Å²) >= 11 is 0. The highest BCUT2D eigenvalue weighted by Gasteiger charge is 2.25. The van der Waals surface area contributed by atoms with Gasteiger partial charge in [-0.25, -0.2) is 9.97 Å². The van der Waals surface area contributed by atoms with Gasteiger partial charge in [0.25, 0.3) is 5.91 Å². The second-order valence-corrected chi connectivity index (χ2v) is 7.65. The molecule has 3 aromatic rings. The van der Waals surface area contributed by atoms with Crippen LogP contribution in [0.1, 0.15) is 55.6 Å². The molecule has 0 bridgehead atoms. The predicted molar refractivity (Wildman–Crippen MR) is 105 cm³/mol. The van der Waals surface area contributed by atoms with Crippen molar-refractivity contribution in [3.8, 4) is 0 Å². The van der Waals surface area contributed by atoms with Gasteiger partial charge in [0, 0.05) is 24.5 Å². The zero-order valence-corrected chi connectivity index (χ0v) is 15.4. The van der Waals surface area contributed by atoms with Crippen molar-refractivity contribution in [2.75, 3.05) is 18.0 Å². The monoisotopic (exact) mass is 364 g/mol. The lowest BCUT2D eigenvalue weighted by atomic mass is 10.1. The fourth-order valence-electron chi connectivity index (χ4n) is 4.32. The normalized spacial score (nSPS) is 18.4. The molecule has 0 atom stereocenters. The number of hydrogen-bond acceptors (Lipinski definition) is 5. The third-order valence-electron chi connectivity index (χ3n) is 5.75. The molecule has 1 amide bonds. The van der Waals surface area contributed by atoms with Crippen LogP contribution in [0.5, 0.6) is 0 Å². The topological polar surface area (TPSA) is 71.3 Å². The SMILES string of the molecule is O=C(NC1CCCC1)c1nc(N2CCCCC2)c2oc3ccccc3c2n1. The standard InChI is InChI=1S/C21H24N4O2/c26-21(22-14-8-2-3-9-14)19-23-17-15-10-4-5-11-16(15)27-18(17)20(24-19)25-12-6-1-7-13-25/h4-5,10-11,14H,1-3,6-9,12-13H2,(H,22,26). The first kappa shape index (κ1) is 16.5. The lowest BCUT2D eigenvalue weighted by Gasteiger charge is -2.27. The molecule has 1 saturated heterocycles. The third-order valence-corrected chi connectivity index (χ3v) is 5.75. The zero-order chi connectivity index (χ0) is 18.2. The molecule has 6 heteroatoms. The van der Waals surface area contributed by atoms with Crippen LogP contribution in [0.4, 0.5) is 5.82 Å². The molecule has 2 aliphatic rings. The van der Waals surface area contributed by atoms with Crippen LogP contribution in [0.15, 0.2) is 28.7 Å². The molecule has 1 aliphatic heterocycles. The van der Waals surface area contributed by atoms with E-state index in [1.54, 1.807) is 0 Å². The van der Waals surface area contributed by atoms with Gasteiger partial charge in [-0.2, -0.15) is 0 Å². The molecule has 2 aromatic heterocycles. The van der Waals surface area contributed by atoms with Gasteiger partial charge in [-0.1, -0.05) is 25.0 Å². The summed E-state index contributed by atoms with van der Waals surface area (Å²) in [5.74, 6) is 0.835. The summed E-state index contributed by atoms with van der Waals surface area (Å²) in [6, 6.07) is 8.10. The van der Waals surface area contributed by atoms with Gasteiger partial charge in [0.05, 0.1) is 0 Å². The van der Waals surface area contributed by atoms with E-state index in [4.69, 9.17) is 4.42 Å². The molecule has 2 fully saturated rings. The Hall–Kier alpha value is -2.63. The quantitative estimate of drug-likeness (QED) is 0.759. The van der Waals surface area contributed by atoms with E-state index in [-0.39, 0.29) is 17.8 Å². The maximum atomic E-state index is 12.9. The molecule has 1 aliphatic carbocycles. The fourth-order valence-corrected chi connectivity index (χ4v) is 4.32. The van der Waals surface area contributed by atoms with Crippen LogP contribution in [0.2, 0.25) is 0 Å². The summed E-state index contributed by atoms with van der Waals surface area (Å²) in [6.45, 7) is 1.87. The average Bonchev–Trinajstić information content (AvgIpc) is 3.35. The number of aromatic nitrogens is 2. The Morgan fingerprint density at radius 3 is 2.63 bits per heavy atom. The van der Waals surface area contributed by atoms with E-state index in [9.17, 15) is 4.79 Å². The Bertz CT molecular complexity index is 984. The highest BCUT2D eigenvalue weighted by molar-refractivity contribution is 6.07. The average molecular weight is 364 g/mol. The van der Waals surface area contributed by atoms with Crippen molar-refractivity contribution in [1.29, 1.82) is 0 Å². The van der Waals surface area contributed by atoms with Gasteiger partial charge in [0.15, 0.2) is 11.4 Å². The first-order valence-electron chi connectivity index (χ1n) is 10.0. The second kappa shape index (κ2) is 6.83. The van der Waals surface area contributed by atoms with Crippen molar-refractivity contribution < 1.29 is 9.21 Å². The Kier molecular flexibility index (Phi) is 4.19. The molecule has 3 heterocycles. The summed E-state index contributed by atoms with van der Waals surface area (Å²) in [5.41, 5.74) is 2.21. The van der Waals surface area contributed by atoms with Gasteiger partial charge in [-0.05, 0) is 44.2 Å². The summed E-state index contributed by atoms with van der Waals surface area (Å²) < 4.78 is 6.11.